The number of ether oxygens (including phenoxy) is 1. The number of carbonyl (C=O) groups is 1. The highest BCUT2D eigenvalue weighted by Crippen LogP contribution is 1.99. The number of thiazole rings is 1. The first-order valence-corrected chi connectivity index (χ1v) is 4.11. The van der Waals surface area contributed by atoms with E-state index in [0.717, 1.165) is 0 Å². The maximum absolute atomic E-state index is 10.8. The van der Waals surface area contributed by atoms with Gasteiger partial charge in [0, 0.05) is 0 Å². The molecule has 0 fully saturated rings. The van der Waals surface area contributed by atoms with E-state index in [0.29, 0.717) is 6.54 Å². The highest BCUT2D eigenvalue weighted by Gasteiger charge is 2.09. The number of methoxy groups -OCH3 is 1. The van der Waals surface area contributed by atoms with Gasteiger partial charge in [0.15, 0.2) is 6.20 Å². The van der Waals surface area contributed by atoms with Crippen LogP contribution in [0.1, 0.15) is 4.88 Å². The summed E-state index contributed by atoms with van der Waals surface area (Å²) in [5.74, 6) is -0.215. The van der Waals surface area contributed by atoms with Crippen LogP contribution in [-0.2, 0) is 16.1 Å². The molecule has 3 nitrogen and oxygen atoms in total. The van der Waals surface area contributed by atoms with Gasteiger partial charge in [-0.25, -0.2) is 4.79 Å². The van der Waals surface area contributed by atoms with Gasteiger partial charge < -0.3 is 4.74 Å². The molecule has 1 aromatic heterocycles. The number of aryl methyl sites for hydroxylation is 1. The van der Waals surface area contributed by atoms with Crippen LogP contribution in [0, 0.1) is 6.92 Å². The van der Waals surface area contributed by atoms with Gasteiger partial charge in [0.05, 0.1) is 12.0 Å². The van der Waals surface area contributed by atoms with Crippen LogP contribution in [0.5, 0.6) is 0 Å². The number of hydrogen-bond acceptors (Lipinski definition) is 3. The smallest absolute Gasteiger partial charge is 0.372 e. The van der Waals surface area contributed by atoms with E-state index in [9.17, 15) is 4.79 Å². The van der Waals surface area contributed by atoms with Gasteiger partial charge in [-0.1, -0.05) is 11.3 Å². The van der Waals surface area contributed by atoms with Crippen LogP contribution in [0.2, 0.25) is 0 Å². The second kappa shape index (κ2) is 3.48. The summed E-state index contributed by atoms with van der Waals surface area (Å²) >= 11 is 1.61. The van der Waals surface area contributed by atoms with E-state index in [1.807, 2.05) is 23.2 Å². The van der Waals surface area contributed by atoms with E-state index in [1.54, 1.807) is 11.3 Å². The Morgan fingerprint density at radius 3 is 3.00 bits per heavy atom. The molecular formula is C7H10NO2S+. The summed E-state index contributed by atoms with van der Waals surface area (Å²) in [6.07, 6.45) is 1.92. The standard InChI is InChI=1S/C7H10NO2S/c1-6-3-8(5-11-6)4-7(9)10-2/h3,5H,4H2,1-2H3/q+1. The van der Waals surface area contributed by atoms with Crippen LogP contribution in [0.4, 0.5) is 0 Å². The van der Waals surface area contributed by atoms with Crippen molar-refractivity contribution in [1.29, 1.82) is 0 Å². The Hall–Kier alpha value is -0.900. The zero-order valence-electron chi connectivity index (χ0n) is 6.53. The lowest BCUT2D eigenvalue weighted by Crippen LogP contribution is -2.35. The Labute approximate surface area is 69.2 Å². The van der Waals surface area contributed by atoms with Gasteiger partial charge >= 0.3 is 5.97 Å². The number of hydrogen-bond donors (Lipinski definition) is 0. The topological polar surface area (TPSA) is 30.2 Å². The number of esters is 1. The summed E-state index contributed by atoms with van der Waals surface area (Å²) in [6.45, 7) is 2.30. The lowest BCUT2D eigenvalue weighted by molar-refractivity contribution is -0.681. The van der Waals surface area contributed by atoms with Crippen LogP contribution >= 0.6 is 11.3 Å². The summed E-state index contributed by atoms with van der Waals surface area (Å²) < 4.78 is 6.32. The van der Waals surface area contributed by atoms with Gasteiger partial charge in [-0.05, 0) is 6.92 Å². The molecule has 1 heterocycles. The van der Waals surface area contributed by atoms with Gasteiger partial charge in [-0.3, -0.25) is 0 Å². The minimum atomic E-state index is -0.215. The molecule has 0 aromatic carbocycles. The third-order valence-electron chi connectivity index (χ3n) is 1.26. The van der Waals surface area contributed by atoms with Crippen molar-refractivity contribution in [2.24, 2.45) is 0 Å². The van der Waals surface area contributed by atoms with E-state index in [-0.39, 0.29) is 5.97 Å². The minimum Gasteiger partial charge on any atom is -0.464 e. The van der Waals surface area contributed by atoms with E-state index in [1.165, 1.54) is 12.0 Å². The summed E-state index contributed by atoms with van der Waals surface area (Å²) in [5, 5.41) is 0. The van der Waals surface area contributed by atoms with Crippen molar-refractivity contribution in [2.75, 3.05) is 7.11 Å². The quantitative estimate of drug-likeness (QED) is 0.481. The Morgan fingerprint density at radius 1 is 1.82 bits per heavy atom. The molecule has 0 aliphatic heterocycles. The first-order valence-electron chi connectivity index (χ1n) is 3.23. The van der Waals surface area contributed by atoms with Gasteiger partial charge in [0.25, 0.3) is 0 Å². The zero-order valence-corrected chi connectivity index (χ0v) is 7.35. The molecule has 0 atom stereocenters. The van der Waals surface area contributed by atoms with Crippen molar-refractivity contribution in [3.05, 3.63) is 16.6 Å². The van der Waals surface area contributed by atoms with E-state index < -0.39 is 0 Å². The average Bonchev–Trinajstić information content (AvgIpc) is 2.35. The molecule has 0 saturated heterocycles. The average molecular weight is 172 g/mol. The van der Waals surface area contributed by atoms with Crippen molar-refractivity contribution in [2.45, 2.75) is 13.5 Å². The van der Waals surface area contributed by atoms with Crippen molar-refractivity contribution < 1.29 is 14.1 Å². The lowest BCUT2D eigenvalue weighted by atomic mass is 10.6. The van der Waals surface area contributed by atoms with Crippen LogP contribution in [-0.4, -0.2) is 13.1 Å². The lowest BCUT2D eigenvalue weighted by Gasteiger charge is -1.90. The number of carbonyl (C=O) groups excluding carboxylic acids is 1. The predicted octanol–water partition coefficient (Wildman–Crippen LogP) is 0.517. The number of nitrogens with zero attached hydrogens (tertiary/aromatic N) is 1. The zero-order chi connectivity index (χ0) is 8.27. The van der Waals surface area contributed by atoms with Crippen LogP contribution < -0.4 is 4.57 Å². The normalized spacial score (nSPS) is 9.64. The van der Waals surface area contributed by atoms with Gasteiger partial charge in [-0.15, -0.1) is 0 Å². The molecule has 0 aliphatic carbocycles. The van der Waals surface area contributed by atoms with E-state index in [2.05, 4.69) is 4.74 Å². The fraction of sp³-hybridized carbons (Fsp3) is 0.429. The second-order valence-corrected chi connectivity index (χ2v) is 3.30. The van der Waals surface area contributed by atoms with Crippen molar-refractivity contribution in [3.8, 4) is 0 Å². The van der Waals surface area contributed by atoms with Crippen molar-refractivity contribution in [1.82, 2.24) is 0 Å². The highest BCUT2D eigenvalue weighted by molar-refractivity contribution is 7.09. The minimum absolute atomic E-state index is 0.215. The summed E-state index contributed by atoms with van der Waals surface area (Å²) in [6, 6.07) is 0. The second-order valence-electron chi connectivity index (χ2n) is 2.21. The third kappa shape index (κ3) is 2.31. The van der Waals surface area contributed by atoms with Crippen LogP contribution in [0.15, 0.2) is 11.7 Å². The maximum Gasteiger partial charge on any atom is 0.372 e. The molecule has 60 valence electrons. The first kappa shape index (κ1) is 8.20. The molecule has 0 unspecified atom stereocenters. The number of rotatable bonds is 2. The Morgan fingerprint density at radius 2 is 2.55 bits per heavy atom. The maximum atomic E-state index is 10.8. The Bertz CT molecular complexity index is 257. The van der Waals surface area contributed by atoms with Gasteiger partial charge in [0.1, 0.15) is 0 Å². The fourth-order valence-electron chi connectivity index (χ4n) is 0.742. The van der Waals surface area contributed by atoms with Crippen molar-refractivity contribution >= 4 is 17.3 Å². The molecule has 0 saturated carbocycles. The Balaban J connectivity index is 2.57. The summed E-state index contributed by atoms with van der Waals surface area (Å²) in [5.41, 5.74) is 1.90. The van der Waals surface area contributed by atoms with Gasteiger partial charge in [0.2, 0.25) is 12.1 Å². The Kier molecular flexibility index (Phi) is 2.59. The van der Waals surface area contributed by atoms with Gasteiger partial charge in [-0.2, -0.15) is 4.57 Å². The van der Waals surface area contributed by atoms with E-state index in [4.69, 9.17) is 0 Å². The third-order valence-corrected chi connectivity index (χ3v) is 2.11. The summed E-state index contributed by atoms with van der Waals surface area (Å²) in [7, 11) is 1.39. The molecule has 1 rings (SSSR count). The SMILES string of the molecule is COC(=O)C[n+]1csc(C)c1. The van der Waals surface area contributed by atoms with E-state index >= 15 is 0 Å². The highest BCUT2D eigenvalue weighted by atomic mass is 32.1. The molecular weight excluding hydrogens is 162 g/mol. The molecule has 1 aromatic rings. The molecule has 11 heavy (non-hydrogen) atoms. The fourth-order valence-corrected chi connectivity index (χ4v) is 1.38. The summed E-state index contributed by atoms with van der Waals surface area (Å²) in [4.78, 5) is 11.9. The molecule has 0 spiro atoms. The number of aromatic nitrogens is 1. The monoisotopic (exact) mass is 172 g/mol. The molecule has 0 aliphatic rings. The first-order chi connectivity index (χ1) is 5.22. The van der Waals surface area contributed by atoms with Crippen LogP contribution in [0.3, 0.4) is 0 Å². The van der Waals surface area contributed by atoms with Crippen LogP contribution in [0.25, 0.3) is 0 Å². The molecule has 0 bridgehead atoms. The van der Waals surface area contributed by atoms with Crippen molar-refractivity contribution in [3.63, 3.8) is 0 Å². The largest absolute Gasteiger partial charge is 0.464 e. The molecule has 4 heteroatoms. The molecule has 0 radical (unpaired) electrons. The molecule has 0 amide bonds. The predicted molar refractivity (Wildman–Crippen MR) is 41.3 cm³/mol. The molecule has 0 N–H and O–H groups in total.